The molecule has 1 aliphatic carbocycles. The van der Waals surface area contributed by atoms with Crippen LogP contribution >= 0.6 is 0 Å². The minimum Gasteiger partial charge on any atom is -0.478 e. The van der Waals surface area contributed by atoms with Crippen LogP contribution in [0.1, 0.15) is 80.1 Å². The molecular formula is C25H34O4. The van der Waals surface area contributed by atoms with Gasteiger partial charge in [-0.15, -0.1) is 0 Å². The smallest absolute Gasteiger partial charge is 0.335 e. The van der Waals surface area contributed by atoms with Crippen molar-refractivity contribution in [3.05, 3.63) is 41.5 Å². The zero-order valence-corrected chi connectivity index (χ0v) is 17.2. The molecule has 158 valence electrons. The molecule has 4 nitrogen and oxygen atoms in total. The van der Waals surface area contributed by atoms with Gasteiger partial charge in [-0.05, 0) is 80.4 Å². The summed E-state index contributed by atoms with van der Waals surface area (Å²) in [5, 5.41) is 19.8. The molecular weight excluding hydrogens is 364 g/mol. The molecule has 2 bridgehead atoms. The highest BCUT2D eigenvalue weighted by molar-refractivity contribution is 5.88. The second-order valence-corrected chi connectivity index (χ2v) is 9.23. The maximum Gasteiger partial charge on any atom is 0.335 e. The topological polar surface area (TPSA) is 66.8 Å². The molecule has 29 heavy (non-hydrogen) atoms. The highest BCUT2D eigenvalue weighted by Gasteiger charge is 2.47. The third-order valence-corrected chi connectivity index (χ3v) is 7.43. The first kappa shape index (κ1) is 20.6. The van der Waals surface area contributed by atoms with Crippen molar-refractivity contribution in [2.45, 2.75) is 82.5 Å². The summed E-state index contributed by atoms with van der Waals surface area (Å²) in [5.74, 6) is 0.676. The van der Waals surface area contributed by atoms with Crippen LogP contribution < -0.4 is 0 Å². The highest BCUT2D eigenvalue weighted by atomic mass is 16.5. The molecule has 5 atom stereocenters. The monoisotopic (exact) mass is 398 g/mol. The number of aliphatic hydroxyl groups excluding tert-OH is 1. The molecule has 3 fully saturated rings. The third-order valence-electron chi connectivity index (χ3n) is 7.43. The molecule has 0 aromatic heterocycles. The quantitative estimate of drug-likeness (QED) is 0.623. The molecule has 2 heterocycles. The number of hydrogen-bond donors (Lipinski definition) is 2. The molecule has 0 spiro atoms. The summed E-state index contributed by atoms with van der Waals surface area (Å²) in [4.78, 5) is 11.1. The number of aliphatic hydroxyl groups is 1. The third kappa shape index (κ3) is 4.92. The van der Waals surface area contributed by atoms with E-state index in [0.29, 0.717) is 35.5 Å². The standard InChI is InChI=1S/C25H34O4/c26-22(18-8-2-1-3-9-18)13-12-21-20(23-14-15-24(21)29-23)11-5-7-17-6-4-10-19(16-17)25(27)28/h4-7,10,16,18,20-24,26H,1-3,8-9,11-15H2,(H,27,28)/t20-,21+,22?,23-,24+/m1/s1. The van der Waals surface area contributed by atoms with Gasteiger partial charge in [0.05, 0.1) is 23.9 Å². The largest absolute Gasteiger partial charge is 0.478 e. The number of hydrogen-bond acceptors (Lipinski definition) is 3. The summed E-state index contributed by atoms with van der Waals surface area (Å²) in [6, 6.07) is 7.07. The van der Waals surface area contributed by atoms with E-state index in [0.717, 1.165) is 37.7 Å². The maximum atomic E-state index is 11.1. The van der Waals surface area contributed by atoms with Crippen LogP contribution in [-0.2, 0) is 4.74 Å². The van der Waals surface area contributed by atoms with E-state index in [1.165, 1.54) is 32.1 Å². The van der Waals surface area contributed by atoms with Gasteiger partial charge >= 0.3 is 5.97 Å². The number of carboxylic acids is 1. The lowest BCUT2D eigenvalue weighted by Gasteiger charge is -2.31. The minimum absolute atomic E-state index is 0.149. The Balaban J connectivity index is 1.33. The second-order valence-electron chi connectivity index (χ2n) is 9.23. The molecule has 1 aromatic carbocycles. The Morgan fingerprint density at radius 3 is 2.62 bits per heavy atom. The van der Waals surface area contributed by atoms with E-state index < -0.39 is 5.97 Å². The van der Waals surface area contributed by atoms with E-state index in [1.807, 2.05) is 12.1 Å². The van der Waals surface area contributed by atoms with Gasteiger partial charge in [0.2, 0.25) is 0 Å². The number of fused-ring (bicyclic) bond motifs is 2. The van der Waals surface area contributed by atoms with E-state index in [-0.39, 0.29) is 6.10 Å². The van der Waals surface area contributed by atoms with Crippen LogP contribution in [0.15, 0.2) is 30.3 Å². The van der Waals surface area contributed by atoms with Crippen molar-refractivity contribution < 1.29 is 19.7 Å². The fourth-order valence-corrected chi connectivity index (χ4v) is 5.85. The molecule has 3 aliphatic rings. The molecule has 1 saturated carbocycles. The van der Waals surface area contributed by atoms with Crippen molar-refractivity contribution in [2.75, 3.05) is 0 Å². The molecule has 0 radical (unpaired) electrons. The van der Waals surface area contributed by atoms with Gasteiger partial charge in [-0.3, -0.25) is 0 Å². The number of allylic oxidation sites excluding steroid dienone is 1. The van der Waals surface area contributed by atoms with E-state index in [4.69, 9.17) is 9.84 Å². The summed E-state index contributed by atoms with van der Waals surface area (Å²) in [5.41, 5.74) is 1.25. The predicted molar refractivity (Wildman–Crippen MR) is 114 cm³/mol. The summed E-state index contributed by atoms with van der Waals surface area (Å²) < 4.78 is 6.24. The van der Waals surface area contributed by atoms with Gasteiger partial charge in [0.15, 0.2) is 0 Å². The fraction of sp³-hybridized carbons (Fsp3) is 0.640. The van der Waals surface area contributed by atoms with Crippen LogP contribution in [0.3, 0.4) is 0 Å². The van der Waals surface area contributed by atoms with Crippen molar-refractivity contribution in [3.63, 3.8) is 0 Å². The zero-order valence-electron chi connectivity index (χ0n) is 17.2. The zero-order chi connectivity index (χ0) is 20.2. The van der Waals surface area contributed by atoms with Crippen molar-refractivity contribution in [2.24, 2.45) is 17.8 Å². The fourth-order valence-electron chi connectivity index (χ4n) is 5.85. The summed E-state index contributed by atoms with van der Waals surface area (Å²) in [6.07, 6.45) is 16.3. The van der Waals surface area contributed by atoms with Gasteiger partial charge in [0.25, 0.3) is 0 Å². The van der Waals surface area contributed by atoms with Crippen molar-refractivity contribution >= 4 is 12.0 Å². The van der Waals surface area contributed by atoms with Crippen molar-refractivity contribution in [3.8, 4) is 0 Å². The molecule has 4 rings (SSSR count). The average Bonchev–Trinajstić information content (AvgIpc) is 3.35. The Kier molecular flexibility index (Phi) is 6.71. The van der Waals surface area contributed by atoms with Crippen LogP contribution in [0.25, 0.3) is 6.08 Å². The van der Waals surface area contributed by atoms with E-state index >= 15 is 0 Å². The maximum absolute atomic E-state index is 11.1. The Bertz CT molecular complexity index is 721. The molecule has 2 N–H and O–H groups in total. The normalized spacial score (nSPS) is 30.8. The first-order valence-electron chi connectivity index (χ1n) is 11.5. The Labute approximate surface area is 174 Å². The van der Waals surface area contributed by atoms with E-state index in [1.54, 1.807) is 18.2 Å². The van der Waals surface area contributed by atoms with Gasteiger partial charge < -0.3 is 14.9 Å². The Morgan fingerprint density at radius 2 is 1.86 bits per heavy atom. The number of benzene rings is 1. The summed E-state index contributed by atoms with van der Waals surface area (Å²) in [6.45, 7) is 0. The lowest BCUT2D eigenvalue weighted by Crippen LogP contribution is -2.29. The van der Waals surface area contributed by atoms with Gasteiger partial charge in [0.1, 0.15) is 0 Å². The first-order valence-corrected chi connectivity index (χ1v) is 11.5. The molecule has 4 heteroatoms. The lowest BCUT2D eigenvalue weighted by atomic mass is 9.74. The summed E-state index contributed by atoms with van der Waals surface area (Å²) >= 11 is 0. The number of carbonyl (C=O) groups is 1. The van der Waals surface area contributed by atoms with Crippen LogP contribution in [0.5, 0.6) is 0 Å². The Morgan fingerprint density at radius 1 is 1.10 bits per heavy atom. The molecule has 2 aliphatic heterocycles. The van der Waals surface area contributed by atoms with Crippen molar-refractivity contribution in [1.29, 1.82) is 0 Å². The second kappa shape index (κ2) is 9.44. The number of rotatable bonds is 8. The molecule has 1 unspecified atom stereocenters. The molecule has 1 aromatic rings. The number of aromatic carboxylic acids is 1. The van der Waals surface area contributed by atoms with Gasteiger partial charge in [-0.1, -0.05) is 43.5 Å². The first-order chi connectivity index (χ1) is 14.1. The predicted octanol–water partition coefficient (Wildman–Crippen LogP) is 5.30. The van der Waals surface area contributed by atoms with Crippen LogP contribution in [0.2, 0.25) is 0 Å². The molecule has 2 saturated heterocycles. The minimum atomic E-state index is -0.890. The van der Waals surface area contributed by atoms with Gasteiger partial charge in [-0.2, -0.15) is 0 Å². The van der Waals surface area contributed by atoms with E-state index in [9.17, 15) is 9.90 Å². The highest BCUT2D eigenvalue weighted by Crippen LogP contribution is 2.47. The van der Waals surface area contributed by atoms with Gasteiger partial charge in [-0.25, -0.2) is 4.79 Å². The SMILES string of the molecule is O=C(O)c1cccc(C=CC[C@@H]2[C@H](CCC(O)C3CCCCC3)[C@@H]3CC[C@H]2O3)c1. The van der Waals surface area contributed by atoms with Crippen LogP contribution in [-0.4, -0.2) is 34.5 Å². The summed E-state index contributed by atoms with van der Waals surface area (Å²) in [7, 11) is 0. The number of carboxylic acid groups (broad SMARTS) is 1. The number of ether oxygens (including phenoxy) is 1. The van der Waals surface area contributed by atoms with Crippen LogP contribution in [0.4, 0.5) is 0 Å². The van der Waals surface area contributed by atoms with E-state index in [2.05, 4.69) is 6.08 Å². The van der Waals surface area contributed by atoms with Crippen molar-refractivity contribution in [1.82, 2.24) is 0 Å². The Hall–Kier alpha value is -1.65. The van der Waals surface area contributed by atoms with Crippen LogP contribution in [0, 0.1) is 17.8 Å². The molecule has 0 amide bonds. The lowest BCUT2D eigenvalue weighted by molar-refractivity contribution is 0.0606. The average molecular weight is 399 g/mol. The van der Waals surface area contributed by atoms with Gasteiger partial charge in [0, 0.05) is 0 Å².